The molecule has 0 spiro atoms. The number of hydrogen-bond donors (Lipinski definition) is 1. The summed E-state index contributed by atoms with van der Waals surface area (Å²) in [4.78, 5) is 11.8. The zero-order valence-corrected chi connectivity index (χ0v) is 15.0. The minimum atomic E-state index is -0.328. The van der Waals surface area contributed by atoms with Gasteiger partial charge in [-0.3, -0.25) is 4.79 Å². The van der Waals surface area contributed by atoms with Crippen LogP contribution in [-0.4, -0.2) is 35.9 Å². The fourth-order valence-corrected chi connectivity index (χ4v) is 2.59. The molecule has 0 aliphatic carbocycles. The van der Waals surface area contributed by atoms with Crippen molar-refractivity contribution in [1.82, 2.24) is 15.1 Å². The number of methoxy groups -OCH3 is 1. The largest absolute Gasteiger partial charge is 0.385 e. The number of hydrogen-bond acceptors (Lipinski definition) is 3. The Morgan fingerprint density at radius 1 is 1.36 bits per heavy atom. The van der Waals surface area contributed by atoms with Crippen LogP contribution in [0.25, 0.3) is 11.8 Å². The van der Waals surface area contributed by atoms with Crippen molar-refractivity contribution in [1.29, 1.82) is 0 Å². The Morgan fingerprint density at radius 3 is 2.76 bits per heavy atom. The topological polar surface area (TPSA) is 56.1 Å². The molecule has 0 saturated carbocycles. The maximum atomic E-state index is 13.0. The first-order chi connectivity index (χ1) is 12.0. The van der Waals surface area contributed by atoms with Crippen LogP contribution in [0.2, 0.25) is 5.15 Å². The van der Waals surface area contributed by atoms with E-state index in [1.54, 1.807) is 32.2 Å². The van der Waals surface area contributed by atoms with Crippen molar-refractivity contribution in [2.45, 2.75) is 19.8 Å². The van der Waals surface area contributed by atoms with Crippen LogP contribution in [0.3, 0.4) is 0 Å². The van der Waals surface area contributed by atoms with Crippen molar-refractivity contribution in [2.24, 2.45) is 0 Å². The summed E-state index contributed by atoms with van der Waals surface area (Å²) in [6.45, 7) is 3.07. The Morgan fingerprint density at radius 2 is 2.08 bits per heavy atom. The summed E-state index contributed by atoms with van der Waals surface area (Å²) in [6, 6.07) is 5.87. The SMILES string of the molecule is COCCCCNC(=O)/C=C/c1c(C)nn(-c2ccc(F)cc2)c1Cl. The van der Waals surface area contributed by atoms with Gasteiger partial charge in [-0.1, -0.05) is 11.6 Å². The molecule has 0 atom stereocenters. The zero-order valence-electron chi connectivity index (χ0n) is 14.3. The standard InChI is InChI=1S/C18H21ClFN3O2/c1-13-16(9-10-17(24)21-11-3-4-12-25-2)18(19)23(22-13)15-7-5-14(20)6-8-15/h5-10H,3-4,11-12H2,1-2H3,(H,21,24)/b10-9+. The molecule has 0 bridgehead atoms. The van der Waals surface area contributed by atoms with Crippen molar-refractivity contribution in [3.05, 3.63) is 52.6 Å². The lowest BCUT2D eigenvalue weighted by atomic mass is 10.2. The molecular formula is C18H21ClFN3O2. The zero-order chi connectivity index (χ0) is 18.2. The van der Waals surface area contributed by atoms with Crippen LogP contribution in [0.1, 0.15) is 24.1 Å². The molecule has 134 valence electrons. The molecule has 0 aliphatic heterocycles. The number of aryl methyl sites for hydroxylation is 1. The van der Waals surface area contributed by atoms with E-state index >= 15 is 0 Å². The van der Waals surface area contributed by atoms with E-state index in [4.69, 9.17) is 16.3 Å². The molecular weight excluding hydrogens is 345 g/mol. The van der Waals surface area contributed by atoms with E-state index in [0.29, 0.717) is 35.2 Å². The summed E-state index contributed by atoms with van der Waals surface area (Å²) < 4.78 is 19.5. The van der Waals surface area contributed by atoms with Crippen LogP contribution in [-0.2, 0) is 9.53 Å². The Hall–Kier alpha value is -2.18. The highest BCUT2D eigenvalue weighted by Crippen LogP contribution is 2.24. The molecule has 2 rings (SSSR count). The normalized spacial score (nSPS) is 11.2. The second kappa shape index (κ2) is 9.34. The highest BCUT2D eigenvalue weighted by molar-refractivity contribution is 6.31. The van der Waals surface area contributed by atoms with E-state index in [9.17, 15) is 9.18 Å². The van der Waals surface area contributed by atoms with Gasteiger partial charge in [-0.2, -0.15) is 5.10 Å². The average molecular weight is 366 g/mol. The van der Waals surface area contributed by atoms with E-state index in [1.807, 2.05) is 0 Å². The van der Waals surface area contributed by atoms with Gasteiger partial charge >= 0.3 is 0 Å². The molecule has 7 heteroatoms. The lowest BCUT2D eigenvalue weighted by Gasteiger charge is -2.03. The van der Waals surface area contributed by atoms with Crippen molar-refractivity contribution < 1.29 is 13.9 Å². The molecule has 2 aromatic rings. The molecule has 1 N–H and O–H groups in total. The van der Waals surface area contributed by atoms with E-state index in [-0.39, 0.29) is 11.7 Å². The number of rotatable bonds is 8. The maximum absolute atomic E-state index is 13.0. The van der Waals surface area contributed by atoms with Crippen molar-refractivity contribution in [3.63, 3.8) is 0 Å². The second-order valence-corrected chi connectivity index (χ2v) is 5.86. The highest BCUT2D eigenvalue weighted by atomic mass is 35.5. The first kappa shape index (κ1) is 19.1. The summed E-state index contributed by atoms with van der Waals surface area (Å²) in [5.41, 5.74) is 1.98. The average Bonchev–Trinajstić information content (AvgIpc) is 2.88. The number of aromatic nitrogens is 2. The molecule has 0 saturated heterocycles. The number of halogens is 2. The van der Waals surface area contributed by atoms with E-state index in [0.717, 1.165) is 12.8 Å². The molecule has 0 radical (unpaired) electrons. The molecule has 0 fully saturated rings. The number of nitrogens with zero attached hydrogens (tertiary/aromatic N) is 2. The van der Waals surface area contributed by atoms with Gasteiger partial charge in [0, 0.05) is 31.9 Å². The number of unbranched alkanes of at least 4 members (excludes halogenated alkanes) is 1. The summed E-state index contributed by atoms with van der Waals surface area (Å²) >= 11 is 6.36. The summed E-state index contributed by atoms with van der Waals surface area (Å²) in [7, 11) is 1.65. The number of carbonyl (C=O) groups is 1. The highest BCUT2D eigenvalue weighted by Gasteiger charge is 2.13. The predicted molar refractivity (Wildman–Crippen MR) is 96.4 cm³/mol. The van der Waals surface area contributed by atoms with Crippen LogP contribution in [0, 0.1) is 12.7 Å². The van der Waals surface area contributed by atoms with Gasteiger partial charge < -0.3 is 10.1 Å². The maximum Gasteiger partial charge on any atom is 0.244 e. The summed E-state index contributed by atoms with van der Waals surface area (Å²) in [5.74, 6) is -0.520. The van der Waals surface area contributed by atoms with E-state index in [1.165, 1.54) is 22.9 Å². The molecule has 1 aromatic carbocycles. The molecule has 25 heavy (non-hydrogen) atoms. The van der Waals surface area contributed by atoms with Gasteiger partial charge in [0.1, 0.15) is 11.0 Å². The van der Waals surface area contributed by atoms with Crippen molar-refractivity contribution in [3.8, 4) is 5.69 Å². The number of nitrogens with one attached hydrogen (secondary N) is 1. The smallest absolute Gasteiger partial charge is 0.244 e. The van der Waals surface area contributed by atoms with Crippen LogP contribution in [0.4, 0.5) is 4.39 Å². The molecule has 1 aromatic heterocycles. The third-order valence-corrected chi connectivity index (χ3v) is 3.96. The third-order valence-electron chi connectivity index (χ3n) is 3.60. The molecule has 1 amide bonds. The van der Waals surface area contributed by atoms with Crippen LogP contribution < -0.4 is 5.32 Å². The number of ether oxygens (including phenoxy) is 1. The van der Waals surface area contributed by atoms with Crippen LogP contribution in [0.5, 0.6) is 0 Å². The third kappa shape index (κ3) is 5.41. The molecule has 1 heterocycles. The Balaban J connectivity index is 2.02. The summed E-state index contributed by atoms with van der Waals surface area (Å²) in [5, 5.41) is 7.52. The number of amides is 1. The van der Waals surface area contributed by atoms with Gasteiger partial charge in [-0.05, 0) is 50.1 Å². The molecule has 5 nitrogen and oxygen atoms in total. The minimum absolute atomic E-state index is 0.192. The summed E-state index contributed by atoms with van der Waals surface area (Å²) in [6.07, 6.45) is 4.82. The lowest BCUT2D eigenvalue weighted by molar-refractivity contribution is -0.116. The Kier molecular flexibility index (Phi) is 7.16. The van der Waals surface area contributed by atoms with Gasteiger partial charge in [0.25, 0.3) is 0 Å². The van der Waals surface area contributed by atoms with Crippen LogP contribution in [0.15, 0.2) is 30.3 Å². The molecule has 0 aliphatic rings. The van der Waals surface area contributed by atoms with E-state index in [2.05, 4.69) is 10.4 Å². The Labute approximate surface area is 151 Å². The second-order valence-electron chi connectivity index (χ2n) is 5.50. The first-order valence-corrected chi connectivity index (χ1v) is 8.36. The first-order valence-electron chi connectivity index (χ1n) is 7.99. The van der Waals surface area contributed by atoms with E-state index < -0.39 is 0 Å². The quantitative estimate of drug-likeness (QED) is 0.575. The van der Waals surface area contributed by atoms with Gasteiger partial charge in [0.05, 0.1) is 11.4 Å². The number of carbonyl (C=O) groups excluding carboxylic acids is 1. The monoisotopic (exact) mass is 365 g/mol. The number of benzene rings is 1. The van der Waals surface area contributed by atoms with Gasteiger partial charge in [-0.15, -0.1) is 0 Å². The lowest BCUT2D eigenvalue weighted by Crippen LogP contribution is -2.22. The van der Waals surface area contributed by atoms with Crippen molar-refractivity contribution >= 4 is 23.6 Å². The molecule has 0 unspecified atom stereocenters. The Bertz CT molecular complexity index is 742. The fraction of sp³-hybridized carbons (Fsp3) is 0.333. The van der Waals surface area contributed by atoms with Gasteiger partial charge in [0.2, 0.25) is 5.91 Å². The fourth-order valence-electron chi connectivity index (χ4n) is 2.25. The van der Waals surface area contributed by atoms with Crippen LogP contribution >= 0.6 is 11.6 Å². The predicted octanol–water partition coefficient (Wildman–Crippen LogP) is 3.53. The van der Waals surface area contributed by atoms with Gasteiger partial charge in [-0.25, -0.2) is 9.07 Å². The van der Waals surface area contributed by atoms with Gasteiger partial charge in [0.15, 0.2) is 0 Å². The van der Waals surface area contributed by atoms with Crippen molar-refractivity contribution in [2.75, 3.05) is 20.3 Å². The minimum Gasteiger partial charge on any atom is -0.385 e.